The zero-order chi connectivity index (χ0) is 17.2. The maximum atomic E-state index is 11.9. The largest absolute Gasteiger partial charge is 0.343 e. The van der Waals surface area contributed by atoms with Crippen molar-refractivity contribution in [3.63, 3.8) is 0 Å². The van der Waals surface area contributed by atoms with Crippen LogP contribution in [0.15, 0.2) is 65.8 Å². The molecule has 24 heavy (non-hydrogen) atoms. The molecular formula is C19H19N3O2. The number of rotatable bonds is 6. The Hall–Kier alpha value is -3.21. The second kappa shape index (κ2) is 9.05. The first-order chi connectivity index (χ1) is 11.6. The Morgan fingerprint density at radius 3 is 2.46 bits per heavy atom. The minimum Gasteiger partial charge on any atom is -0.343 e. The van der Waals surface area contributed by atoms with Crippen LogP contribution in [0.1, 0.15) is 21.5 Å². The summed E-state index contributed by atoms with van der Waals surface area (Å²) in [6.45, 7) is 1.81. The van der Waals surface area contributed by atoms with Gasteiger partial charge in [-0.1, -0.05) is 54.1 Å². The molecule has 2 amide bonds. The molecule has 5 nitrogen and oxygen atoms in total. The van der Waals surface area contributed by atoms with Crippen LogP contribution >= 0.6 is 0 Å². The van der Waals surface area contributed by atoms with Crippen LogP contribution in [0.25, 0.3) is 6.08 Å². The predicted molar refractivity (Wildman–Crippen MR) is 95.6 cm³/mol. The first-order valence-corrected chi connectivity index (χ1v) is 7.53. The highest BCUT2D eigenvalue weighted by molar-refractivity contribution is 5.96. The second-order valence-electron chi connectivity index (χ2n) is 5.13. The summed E-state index contributed by atoms with van der Waals surface area (Å²) >= 11 is 0. The van der Waals surface area contributed by atoms with Crippen LogP contribution in [0, 0.1) is 6.92 Å². The summed E-state index contributed by atoms with van der Waals surface area (Å²) in [5, 5.41) is 6.33. The third-order valence-electron chi connectivity index (χ3n) is 3.16. The van der Waals surface area contributed by atoms with Crippen molar-refractivity contribution in [2.45, 2.75) is 6.92 Å². The van der Waals surface area contributed by atoms with Crippen molar-refractivity contribution < 1.29 is 9.59 Å². The Bertz CT molecular complexity index is 735. The molecule has 2 aromatic carbocycles. The summed E-state index contributed by atoms with van der Waals surface area (Å²) in [5.41, 5.74) is 4.98. The number of hydrazone groups is 1. The number of hydrogen-bond acceptors (Lipinski definition) is 3. The average Bonchev–Trinajstić information content (AvgIpc) is 2.61. The molecule has 5 heteroatoms. The van der Waals surface area contributed by atoms with Gasteiger partial charge in [-0.25, -0.2) is 5.43 Å². The number of allylic oxidation sites excluding steroid dienone is 1. The van der Waals surface area contributed by atoms with Gasteiger partial charge in [-0.3, -0.25) is 9.59 Å². The van der Waals surface area contributed by atoms with E-state index in [0.717, 1.165) is 11.1 Å². The number of carbonyl (C=O) groups excluding carboxylic acids is 2. The second-order valence-corrected chi connectivity index (χ2v) is 5.13. The Morgan fingerprint density at radius 2 is 1.75 bits per heavy atom. The van der Waals surface area contributed by atoms with E-state index in [2.05, 4.69) is 15.8 Å². The molecule has 0 heterocycles. The van der Waals surface area contributed by atoms with E-state index in [1.807, 2.05) is 55.5 Å². The number of hydrogen-bond donors (Lipinski definition) is 2. The summed E-state index contributed by atoms with van der Waals surface area (Å²) in [6.07, 6.45) is 5.07. The van der Waals surface area contributed by atoms with Gasteiger partial charge in [0.15, 0.2) is 0 Å². The number of carbonyl (C=O) groups is 2. The average molecular weight is 321 g/mol. The third kappa shape index (κ3) is 5.88. The molecule has 0 saturated heterocycles. The van der Waals surface area contributed by atoms with Crippen molar-refractivity contribution >= 4 is 24.1 Å². The molecule has 0 unspecified atom stereocenters. The first kappa shape index (κ1) is 17.1. The molecule has 0 aliphatic heterocycles. The van der Waals surface area contributed by atoms with E-state index >= 15 is 0 Å². The molecule has 2 N–H and O–H groups in total. The highest BCUT2D eigenvalue weighted by Crippen LogP contribution is 2.02. The first-order valence-electron chi connectivity index (χ1n) is 7.53. The highest BCUT2D eigenvalue weighted by atomic mass is 16.2. The SMILES string of the molecule is Cc1ccc(C(=O)NCC(=O)N/N=C/C=C/c2ccccc2)cc1. The fraction of sp³-hybridized carbons (Fsp3) is 0.105. The molecule has 2 rings (SSSR count). The summed E-state index contributed by atoms with van der Waals surface area (Å²) in [7, 11) is 0. The van der Waals surface area contributed by atoms with Crippen LogP contribution in [0.3, 0.4) is 0 Å². The molecule has 2 aromatic rings. The molecule has 122 valence electrons. The summed E-state index contributed by atoms with van der Waals surface area (Å²) in [5.74, 6) is -0.682. The van der Waals surface area contributed by atoms with Gasteiger partial charge >= 0.3 is 0 Å². The monoisotopic (exact) mass is 321 g/mol. The number of benzene rings is 2. The van der Waals surface area contributed by atoms with Gasteiger partial charge in [0, 0.05) is 11.8 Å². The minimum absolute atomic E-state index is 0.132. The number of nitrogens with zero attached hydrogens (tertiary/aromatic N) is 1. The van der Waals surface area contributed by atoms with Crippen molar-refractivity contribution in [3.05, 3.63) is 77.4 Å². The van der Waals surface area contributed by atoms with E-state index in [-0.39, 0.29) is 18.4 Å². The molecule has 0 atom stereocenters. The summed E-state index contributed by atoms with van der Waals surface area (Å²) in [6, 6.07) is 16.9. The zero-order valence-electron chi connectivity index (χ0n) is 13.4. The quantitative estimate of drug-likeness (QED) is 0.634. The molecule has 0 bridgehead atoms. The van der Waals surface area contributed by atoms with Gasteiger partial charge in [0.1, 0.15) is 0 Å². The smallest absolute Gasteiger partial charge is 0.259 e. The molecule has 0 aliphatic carbocycles. The Kier molecular flexibility index (Phi) is 6.46. The van der Waals surface area contributed by atoms with Gasteiger partial charge in [0.25, 0.3) is 11.8 Å². The van der Waals surface area contributed by atoms with Gasteiger partial charge in [-0.2, -0.15) is 5.10 Å². The minimum atomic E-state index is -0.389. The Labute approximate surface area is 141 Å². The predicted octanol–water partition coefficient (Wildman–Crippen LogP) is 2.54. The van der Waals surface area contributed by atoms with E-state index in [1.165, 1.54) is 6.21 Å². The lowest BCUT2D eigenvalue weighted by molar-refractivity contribution is -0.120. The molecule has 0 spiro atoms. The Morgan fingerprint density at radius 1 is 1.04 bits per heavy atom. The molecule has 0 aliphatic rings. The van der Waals surface area contributed by atoms with Crippen LogP contribution in [0.5, 0.6) is 0 Å². The van der Waals surface area contributed by atoms with Crippen molar-refractivity contribution in [2.75, 3.05) is 6.54 Å². The van der Waals surface area contributed by atoms with Crippen molar-refractivity contribution in [1.82, 2.24) is 10.7 Å². The number of amides is 2. The normalized spacial score (nSPS) is 10.9. The third-order valence-corrected chi connectivity index (χ3v) is 3.16. The maximum Gasteiger partial charge on any atom is 0.259 e. The van der Waals surface area contributed by atoms with E-state index < -0.39 is 0 Å². The lowest BCUT2D eigenvalue weighted by Gasteiger charge is -2.04. The van der Waals surface area contributed by atoms with Crippen LogP contribution in [0.2, 0.25) is 0 Å². The van der Waals surface area contributed by atoms with E-state index in [4.69, 9.17) is 0 Å². The number of nitrogens with one attached hydrogen (secondary N) is 2. The van der Waals surface area contributed by atoms with Gasteiger partial charge in [0.05, 0.1) is 6.54 Å². The summed E-state index contributed by atoms with van der Waals surface area (Å²) < 4.78 is 0. The van der Waals surface area contributed by atoms with E-state index in [0.29, 0.717) is 5.56 Å². The number of aryl methyl sites for hydroxylation is 1. The van der Waals surface area contributed by atoms with Gasteiger partial charge < -0.3 is 5.32 Å². The van der Waals surface area contributed by atoms with Crippen LogP contribution in [0.4, 0.5) is 0 Å². The molecule has 0 radical (unpaired) electrons. The van der Waals surface area contributed by atoms with Gasteiger partial charge in [-0.05, 0) is 30.7 Å². The van der Waals surface area contributed by atoms with Gasteiger partial charge in [-0.15, -0.1) is 0 Å². The fourth-order valence-electron chi connectivity index (χ4n) is 1.88. The van der Waals surface area contributed by atoms with Crippen molar-refractivity contribution in [1.29, 1.82) is 0 Å². The lowest BCUT2D eigenvalue weighted by atomic mass is 10.1. The van der Waals surface area contributed by atoms with Crippen molar-refractivity contribution in [3.8, 4) is 0 Å². The molecular weight excluding hydrogens is 302 g/mol. The zero-order valence-corrected chi connectivity index (χ0v) is 13.4. The van der Waals surface area contributed by atoms with Crippen molar-refractivity contribution in [2.24, 2.45) is 5.10 Å². The van der Waals surface area contributed by atoms with Gasteiger partial charge in [0.2, 0.25) is 0 Å². The van der Waals surface area contributed by atoms with Crippen LogP contribution in [-0.2, 0) is 4.79 Å². The topological polar surface area (TPSA) is 70.6 Å². The standard InChI is InChI=1S/C19H19N3O2/c1-15-9-11-17(12-10-15)19(24)20-14-18(23)22-21-13-5-8-16-6-3-2-4-7-16/h2-13H,14H2,1H3,(H,20,24)(H,22,23)/b8-5+,21-13+. The van der Waals surface area contributed by atoms with E-state index in [9.17, 15) is 9.59 Å². The maximum absolute atomic E-state index is 11.9. The van der Waals surface area contributed by atoms with Crippen LogP contribution in [-0.4, -0.2) is 24.6 Å². The molecule has 0 fully saturated rings. The fourth-order valence-corrected chi connectivity index (χ4v) is 1.88. The molecule has 0 aromatic heterocycles. The molecule has 0 saturated carbocycles. The van der Waals surface area contributed by atoms with E-state index in [1.54, 1.807) is 18.2 Å². The van der Waals surface area contributed by atoms with Crippen LogP contribution < -0.4 is 10.7 Å². The summed E-state index contributed by atoms with van der Waals surface area (Å²) in [4.78, 5) is 23.5. The lowest BCUT2D eigenvalue weighted by Crippen LogP contribution is -2.34. The highest BCUT2D eigenvalue weighted by Gasteiger charge is 2.06. The Balaban J connectivity index is 1.71.